The predicted octanol–water partition coefficient (Wildman–Crippen LogP) is 4.50. The number of anilines is 1. The van der Waals surface area contributed by atoms with Crippen molar-refractivity contribution in [1.29, 1.82) is 0 Å². The maximum absolute atomic E-state index is 12.6. The van der Waals surface area contributed by atoms with Gasteiger partial charge in [0.05, 0.1) is 10.8 Å². The smallest absolute Gasteiger partial charge is 0.385 e. The molecule has 0 bridgehead atoms. The lowest BCUT2D eigenvalue weighted by molar-refractivity contribution is -0.137. The third-order valence-electron chi connectivity index (χ3n) is 5.51. The number of rotatable bonds is 6. The minimum absolute atomic E-state index is 0.0743. The van der Waals surface area contributed by atoms with Crippen molar-refractivity contribution in [2.24, 2.45) is 17.8 Å². The van der Waals surface area contributed by atoms with Gasteiger partial charge in [0.2, 0.25) is 10.0 Å². The van der Waals surface area contributed by atoms with E-state index in [1.54, 1.807) is 13.8 Å². The number of hydrogen-bond acceptors (Lipinski definition) is 3. The van der Waals surface area contributed by atoms with Gasteiger partial charge in [-0.1, -0.05) is 13.8 Å². The highest BCUT2D eigenvalue weighted by Crippen LogP contribution is 2.35. The first-order chi connectivity index (χ1) is 12.4. The van der Waals surface area contributed by atoms with Crippen LogP contribution in [-0.4, -0.2) is 26.3 Å². The van der Waals surface area contributed by atoms with E-state index in [1.807, 2.05) is 6.92 Å². The standard InChI is InChI=1S/C19H29F3N2O2S/c1-12(2)27(25,26)24-18-10-13(3)15(9-14(18)4)11-23-17-7-5-16(6-8-17)19(20,21)22/h5-8,12-15,18,23-24H,9-11H2,1-4H3/t13?,14?,15-,18-/m1/s1. The second-order valence-electron chi connectivity index (χ2n) is 7.96. The average Bonchev–Trinajstić information content (AvgIpc) is 2.56. The van der Waals surface area contributed by atoms with Crippen LogP contribution in [0.1, 0.15) is 46.1 Å². The summed E-state index contributed by atoms with van der Waals surface area (Å²) in [6.45, 7) is 8.12. The van der Waals surface area contributed by atoms with Gasteiger partial charge in [-0.3, -0.25) is 0 Å². The lowest BCUT2D eigenvalue weighted by Gasteiger charge is -2.39. The first-order valence-electron chi connectivity index (χ1n) is 9.32. The van der Waals surface area contributed by atoms with Crippen molar-refractivity contribution >= 4 is 15.7 Å². The normalized spacial score (nSPS) is 27.0. The fraction of sp³-hybridized carbons (Fsp3) is 0.684. The fourth-order valence-electron chi connectivity index (χ4n) is 3.52. The number of benzene rings is 1. The summed E-state index contributed by atoms with van der Waals surface area (Å²) < 4.78 is 65.0. The Labute approximate surface area is 160 Å². The Morgan fingerprint density at radius 2 is 1.67 bits per heavy atom. The van der Waals surface area contributed by atoms with Crippen LogP contribution in [0.4, 0.5) is 18.9 Å². The third kappa shape index (κ3) is 5.85. The van der Waals surface area contributed by atoms with Gasteiger partial charge in [0.15, 0.2) is 0 Å². The fourth-order valence-corrected chi connectivity index (χ4v) is 4.54. The summed E-state index contributed by atoms with van der Waals surface area (Å²) in [5.74, 6) is 0.847. The molecule has 1 aromatic rings. The van der Waals surface area contributed by atoms with Gasteiger partial charge in [0.1, 0.15) is 0 Å². The topological polar surface area (TPSA) is 58.2 Å². The Hall–Kier alpha value is -1.28. The van der Waals surface area contributed by atoms with Crippen LogP contribution in [0.15, 0.2) is 24.3 Å². The van der Waals surface area contributed by atoms with Gasteiger partial charge in [-0.15, -0.1) is 0 Å². The summed E-state index contributed by atoms with van der Waals surface area (Å²) in [6.07, 6.45) is -2.71. The highest BCUT2D eigenvalue weighted by Gasteiger charge is 2.35. The molecule has 4 nitrogen and oxygen atoms in total. The van der Waals surface area contributed by atoms with E-state index in [0.29, 0.717) is 24.1 Å². The van der Waals surface area contributed by atoms with Crippen LogP contribution in [0.5, 0.6) is 0 Å². The summed E-state index contributed by atoms with van der Waals surface area (Å²) in [4.78, 5) is 0. The van der Waals surface area contributed by atoms with Crippen molar-refractivity contribution in [2.75, 3.05) is 11.9 Å². The molecule has 1 aliphatic carbocycles. The average molecular weight is 407 g/mol. The highest BCUT2D eigenvalue weighted by molar-refractivity contribution is 7.90. The Morgan fingerprint density at radius 1 is 1.07 bits per heavy atom. The van der Waals surface area contributed by atoms with Crippen molar-refractivity contribution in [3.8, 4) is 0 Å². The molecule has 0 heterocycles. The van der Waals surface area contributed by atoms with E-state index >= 15 is 0 Å². The minimum atomic E-state index is -4.33. The van der Waals surface area contributed by atoms with Crippen molar-refractivity contribution < 1.29 is 21.6 Å². The molecule has 0 spiro atoms. The molecule has 1 aliphatic rings. The Morgan fingerprint density at radius 3 is 2.19 bits per heavy atom. The largest absolute Gasteiger partial charge is 0.416 e. The van der Waals surface area contributed by atoms with Crippen LogP contribution in [0, 0.1) is 17.8 Å². The molecule has 0 saturated heterocycles. The zero-order valence-electron chi connectivity index (χ0n) is 16.2. The highest BCUT2D eigenvalue weighted by atomic mass is 32.2. The summed E-state index contributed by atoms with van der Waals surface area (Å²) in [6, 6.07) is 4.96. The quantitative estimate of drug-likeness (QED) is 0.732. The zero-order chi connectivity index (χ0) is 20.4. The van der Waals surface area contributed by atoms with Gasteiger partial charge in [-0.05, 0) is 68.7 Å². The molecule has 0 radical (unpaired) electrons. The Bertz CT molecular complexity index is 717. The second kappa shape index (κ2) is 8.39. The minimum Gasteiger partial charge on any atom is -0.385 e. The number of nitrogens with one attached hydrogen (secondary N) is 2. The van der Waals surface area contributed by atoms with E-state index in [9.17, 15) is 21.6 Å². The molecule has 0 aromatic heterocycles. The Kier molecular flexibility index (Phi) is 6.84. The first-order valence-corrected chi connectivity index (χ1v) is 10.9. The van der Waals surface area contributed by atoms with Crippen LogP contribution in [0.2, 0.25) is 0 Å². The molecule has 1 aromatic carbocycles. The molecule has 0 aliphatic heterocycles. The molecule has 2 unspecified atom stereocenters. The van der Waals surface area contributed by atoms with E-state index in [0.717, 1.165) is 25.0 Å². The lowest BCUT2D eigenvalue weighted by atomic mass is 9.73. The number of sulfonamides is 1. The summed E-state index contributed by atoms with van der Waals surface area (Å²) >= 11 is 0. The van der Waals surface area contributed by atoms with Crippen LogP contribution in [0.3, 0.4) is 0 Å². The summed E-state index contributed by atoms with van der Waals surface area (Å²) in [7, 11) is -3.30. The molecule has 1 saturated carbocycles. The molecule has 1 fully saturated rings. The van der Waals surface area contributed by atoms with Crippen molar-refractivity contribution in [3.63, 3.8) is 0 Å². The van der Waals surface area contributed by atoms with E-state index < -0.39 is 27.0 Å². The molecule has 0 amide bonds. The van der Waals surface area contributed by atoms with E-state index in [4.69, 9.17) is 0 Å². The molecule has 154 valence electrons. The lowest BCUT2D eigenvalue weighted by Crippen LogP contribution is -2.48. The molecule has 2 rings (SSSR count). The van der Waals surface area contributed by atoms with Gasteiger partial charge >= 0.3 is 6.18 Å². The SMILES string of the molecule is CC1C[C@@H](NS(=O)(=O)C(C)C)C(C)C[C@@H]1CNc1ccc(C(F)(F)F)cc1. The van der Waals surface area contributed by atoms with Gasteiger partial charge < -0.3 is 5.32 Å². The molecular weight excluding hydrogens is 377 g/mol. The molecular formula is C19H29F3N2O2S. The number of halogens is 3. The maximum Gasteiger partial charge on any atom is 0.416 e. The van der Waals surface area contributed by atoms with E-state index in [1.165, 1.54) is 12.1 Å². The monoisotopic (exact) mass is 406 g/mol. The molecule has 2 N–H and O–H groups in total. The van der Waals surface area contributed by atoms with Gasteiger partial charge in [0.25, 0.3) is 0 Å². The van der Waals surface area contributed by atoms with Gasteiger partial charge in [0, 0.05) is 18.3 Å². The van der Waals surface area contributed by atoms with Crippen LogP contribution in [0.25, 0.3) is 0 Å². The van der Waals surface area contributed by atoms with Crippen molar-refractivity contribution in [1.82, 2.24) is 4.72 Å². The van der Waals surface area contributed by atoms with Crippen LogP contribution < -0.4 is 10.0 Å². The van der Waals surface area contributed by atoms with E-state index in [-0.39, 0.29) is 12.0 Å². The zero-order valence-corrected chi connectivity index (χ0v) is 17.0. The first kappa shape index (κ1) is 22.0. The van der Waals surface area contributed by atoms with Crippen molar-refractivity contribution in [2.45, 2.75) is 58.0 Å². The number of alkyl halides is 3. The van der Waals surface area contributed by atoms with Crippen LogP contribution in [-0.2, 0) is 16.2 Å². The van der Waals surface area contributed by atoms with E-state index in [2.05, 4.69) is 17.0 Å². The van der Waals surface area contributed by atoms with Gasteiger partial charge in [-0.2, -0.15) is 13.2 Å². The Balaban J connectivity index is 1.92. The molecule has 8 heteroatoms. The van der Waals surface area contributed by atoms with Crippen LogP contribution >= 0.6 is 0 Å². The third-order valence-corrected chi connectivity index (χ3v) is 7.38. The predicted molar refractivity (Wildman–Crippen MR) is 102 cm³/mol. The molecule has 27 heavy (non-hydrogen) atoms. The van der Waals surface area contributed by atoms with Gasteiger partial charge in [-0.25, -0.2) is 13.1 Å². The number of hydrogen-bond donors (Lipinski definition) is 2. The maximum atomic E-state index is 12.6. The summed E-state index contributed by atoms with van der Waals surface area (Å²) in [5, 5.41) is 2.76. The molecule has 4 atom stereocenters. The second-order valence-corrected chi connectivity index (χ2v) is 10.2. The van der Waals surface area contributed by atoms with Crippen molar-refractivity contribution in [3.05, 3.63) is 29.8 Å². The summed E-state index contributed by atoms with van der Waals surface area (Å²) in [5.41, 5.74) is -0.00142.